The summed E-state index contributed by atoms with van der Waals surface area (Å²) < 4.78 is 0. The monoisotopic (exact) mass is 292 g/mol. The molecule has 1 atom stereocenters. The summed E-state index contributed by atoms with van der Waals surface area (Å²) in [6.45, 7) is 4.46. The molecule has 1 unspecified atom stereocenters. The van der Waals surface area contributed by atoms with E-state index >= 15 is 0 Å². The zero-order valence-electron chi connectivity index (χ0n) is 12.1. The van der Waals surface area contributed by atoms with E-state index < -0.39 is 12.0 Å². The number of urea groups is 1. The fourth-order valence-corrected chi connectivity index (χ4v) is 2.45. The summed E-state index contributed by atoms with van der Waals surface area (Å²) in [5, 5.41) is 9.35. The minimum atomic E-state index is -1.00. The van der Waals surface area contributed by atoms with Gasteiger partial charge in [0.05, 0.1) is 24.3 Å². The second kappa shape index (κ2) is 6.43. The molecule has 0 aromatic carbocycles. The number of carbonyl (C=O) groups is 2. The number of carboxylic acid groups (broad SMARTS) is 1. The second-order valence-corrected chi connectivity index (χ2v) is 5.15. The Labute approximate surface area is 123 Å². The number of rotatable bonds is 5. The van der Waals surface area contributed by atoms with Gasteiger partial charge < -0.3 is 19.9 Å². The average molecular weight is 292 g/mol. The van der Waals surface area contributed by atoms with E-state index in [1.54, 1.807) is 18.0 Å². The number of unbranched alkanes of at least 4 members (excludes halogenated alkanes) is 1. The number of amides is 2. The Morgan fingerprint density at radius 1 is 1.67 bits per heavy atom. The van der Waals surface area contributed by atoms with E-state index in [9.17, 15) is 14.7 Å². The first-order chi connectivity index (χ1) is 10.0. The molecular weight excluding hydrogens is 272 g/mol. The number of allylic oxidation sites excluding steroid dienone is 1. The summed E-state index contributed by atoms with van der Waals surface area (Å²) >= 11 is 0. The van der Waals surface area contributed by atoms with Crippen LogP contribution in [0.4, 0.5) is 4.79 Å². The molecule has 21 heavy (non-hydrogen) atoms. The molecule has 0 radical (unpaired) electrons. The number of hydrogen-bond acceptors (Lipinski definition) is 3. The van der Waals surface area contributed by atoms with Gasteiger partial charge in [0.2, 0.25) is 0 Å². The number of nitrogens with one attached hydrogen (secondary N) is 1. The zero-order chi connectivity index (χ0) is 15.4. The maximum absolute atomic E-state index is 12.5. The van der Waals surface area contributed by atoms with Crippen LogP contribution in [0.1, 0.15) is 24.2 Å². The summed E-state index contributed by atoms with van der Waals surface area (Å²) in [6.07, 6.45) is 5.21. The third-order valence-electron chi connectivity index (χ3n) is 3.66. The number of hydrogen-bond donors (Lipinski definition) is 2. The number of nitrogens with zero attached hydrogens (tertiary/aromatic N) is 3. The van der Waals surface area contributed by atoms with Crippen LogP contribution >= 0.6 is 0 Å². The first-order valence-electron chi connectivity index (χ1n) is 6.91. The van der Waals surface area contributed by atoms with Gasteiger partial charge in [-0.05, 0) is 12.8 Å². The Bertz CT molecular complexity index is 540. The SMILES string of the molecule is C=CCCCN(C)C(=O)N1Cc2[nH]cnc2CC1C(=O)O. The van der Waals surface area contributed by atoms with Crippen LogP contribution < -0.4 is 0 Å². The lowest BCUT2D eigenvalue weighted by Gasteiger charge is -2.35. The summed E-state index contributed by atoms with van der Waals surface area (Å²) in [4.78, 5) is 33.9. The van der Waals surface area contributed by atoms with Gasteiger partial charge in [0.15, 0.2) is 0 Å². The molecule has 1 aromatic rings. The van der Waals surface area contributed by atoms with Crippen molar-refractivity contribution in [2.75, 3.05) is 13.6 Å². The lowest BCUT2D eigenvalue weighted by molar-refractivity contribution is -0.142. The third kappa shape index (κ3) is 3.24. The topological polar surface area (TPSA) is 89.5 Å². The van der Waals surface area contributed by atoms with E-state index in [4.69, 9.17) is 0 Å². The van der Waals surface area contributed by atoms with E-state index in [0.717, 1.165) is 24.2 Å². The number of aromatic nitrogens is 2. The Balaban J connectivity index is 2.10. The van der Waals surface area contributed by atoms with E-state index in [1.165, 1.54) is 11.2 Å². The molecule has 0 fully saturated rings. The van der Waals surface area contributed by atoms with Crippen molar-refractivity contribution >= 4 is 12.0 Å². The summed E-state index contributed by atoms with van der Waals surface area (Å²) in [5.41, 5.74) is 1.53. The summed E-state index contributed by atoms with van der Waals surface area (Å²) in [5.74, 6) is -1.00. The maximum atomic E-state index is 12.5. The van der Waals surface area contributed by atoms with Crippen LogP contribution in [-0.4, -0.2) is 56.5 Å². The van der Waals surface area contributed by atoms with E-state index in [-0.39, 0.29) is 19.0 Å². The van der Waals surface area contributed by atoms with Crippen molar-refractivity contribution in [3.63, 3.8) is 0 Å². The van der Waals surface area contributed by atoms with Gasteiger partial charge >= 0.3 is 12.0 Å². The molecule has 114 valence electrons. The highest BCUT2D eigenvalue weighted by Gasteiger charge is 2.37. The smallest absolute Gasteiger partial charge is 0.326 e. The molecule has 0 bridgehead atoms. The lowest BCUT2D eigenvalue weighted by atomic mass is 10.0. The molecule has 0 spiro atoms. The molecule has 2 heterocycles. The van der Waals surface area contributed by atoms with Gasteiger partial charge in [-0.3, -0.25) is 0 Å². The predicted octanol–water partition coefficient (Wildman–Crippen LogP) is 1.24. The molecule has 2 amide bonds. The quantitative estimate of drug-likeness (QED) is 0.631. The van der Waals surface area contributed by atoms with Crippen LogP contribution in [0.15, 0.2) is 19.0 Å². The van der Waals surface area contributed by atoms with Crippen LogP contribution in [0.25, 0.3) is 0 Å². The first-order valence-corrected chi connectivity index (χ1v) is 6.91. The number of aromatic amines is 1. The van der Waals surface area contributed by atoms with Crippen LogP contribution in [0, 0.1) is 0 Å². The Morgan fingerprint density at radius 3 is 3.10 bits per heavy atom. The molecule has 0 aliphatic carbocycles. The Kier molecular flexibility index (Phi) is 4.62. The second-order valence-electron chi connectivity index (χ2n) is 5.15. The van der Waals surface area contributed by atoms with E-state index in [1.807, 2.05) is 0 Å². The van der Waals surface area contributed by atoms with Crippen LogP contribution in [0.5, 0.6) is 0 Å². The number of carboxylic acids is 1. The summed E-state index contributed by atoms with van der Waals surface area (Å²) in [6, 6.07) is -1.14. The molecule has 1 aliphatic heterocycles. The van der Waals surface area contributed by atoms with Crippen molar-refractivity contribution in [3.8, 4) is 0 Å². The average Bonchev–Trinajstić information content (AvgIpc) is 2.92. The normalized spacial score (nSPS) is 17.2. The Hall–Kier alpha value is -2.31. The van der Waals surface area contributed by atoms with Crippen LogP contribution in [0.3, 0.4) is 0 Å². The molecule has 0 saturated carbocycles. The standard InChI is InChI=1S/C14H20N4O3/c1-3-4-5-6-17(2)14(21)18-8-11-10(15-9-16-11)7-12(18)13(19)20/h3,9,12H,1,4-8H2,2H3,(H,15,16)(H,19,20). The van der Waals surface area contributed by atoms with Crippen molar-refractivity contribution in [1.29, 1.82) is 0 Å². The molecule has 7 heteroatoms. The van der Waals surface area contributed by atoms with Gasteiger partial charge in [-0.1, -0.05) is 6.08 Å². The van der Waals surface area contributed by atoms with Gasteiger partial charge in [0.1, 0.15) is 6.04 Å². The fourth-order valence-electron chi connectivity index (χ4n) is 2.45. The van der Waals surface area contributed by atoms with Crippen LogP contribution in [-0.2, 0) is 17.8 Å². The van der Waals surface area contributed by atoms with Gasteiger partial charge in [-0.15, -0.1) is 6.58 Å². The van der Waals surface area contributed by atoms with Gasteiger partial charge in [-0.2, -0.15) is 0 Å². The molecule has 1 aromatic heterocycles. The molecule has 1 aliphatic rings. The maximum Gasteiger partial charge on any atom is 0.326 e. The number of H-pyrrole nitrogens is 1. The molecule has 2 N–H and O–H groups in total. The van der Waals surface area contributed by atoms with E-state index in [0.29, 0.717) is 6.54 Å². The first kappa shape index (κ1) is 15.1. The number of imidazole rings is 1. The van der Waals surface area contributed by atoms with Gasteiger partial charge in [0, 0.05) is 20.0 Å². The third-order valence-corrected chi connectivity index (χ3v) is 3.66. The number of fused-ring (bicyclic) bond motifs is 1. The predicted molar refractivity (Wildman–Crippen MR) is 76.7 cm³/mol. The molecular formula is C14H20N4O3. The highest BCUT2D eigenvalue weighted by atomic mass is 16.4. The van der Waals surface area contributed by atoms with Crippen molar-refractivity contribution in [2.45, 2.75) is 31.8 Å². The zero-order valence-corrected chi connectivity index (χ0v) is 12.1. The minimum Gasteiger partial charge on any atom is -0.480 e. The largest absolute Gasteiger partial charge is 0.480 e. The number of aliphatic carboxylic acids is 1. The van der Waals surface area contributed by atoms with Crippen molar-refractivity contribution in [3.05, 3.63) is 30.4 Å². The summed E-state index contributed by atoms with van der Waals surface area (Å²) in [7, 11) is 1.69. The van der Waals surface area contributed by atoms with Gasteiger partial charge in [-0.25, -0.2) is 14.6 Å². The fraction of sp³-hybridized carbons (Fsp3) is 0.500. The molecule has 2 rings (SSSR count). The van der Waals surface area contributed by atoms with Crippen LogP contribution in [0.2, 0.25) is 0 Å². The molecule has 7 nitrogen and oxygen atoms in total. The number of carbonyl (C=O) groups excluding carboxylic acids is 1. The minimum absolute atomic E-state index is 0.237. The van der Waals surface area contributed by atoms with Crippen molar-refractivity contribution in [2.24, 2.45) is 0 Å². The molecule has 0 saturated heterocycles. The highest BCUT2D eigenvalue weighted by molar-refractivity contribution is 5.83. The Morgan fingerprint density at radius 2 is 2.43 bits per heavy atom. The van der Waals surface area contributed by atoms with Gasteiger partial charge in [0.25, 0.3) is 0 Å². The van der Waals surface area contributed by atoms with Crippen molar-refractivity contribution in [1.82, 2.24) is 19.8 Å². The van der Waals surface area contributed by atoms with Crippen molar-refractivity contribution < 1.29 is 14.7 Å². The lowest BCUT2D eigenvalue weighted by Crippen LogP contribution is -2.52. The van der Waals surface area contributed by atoms with E-state index in [2.05, 4.69) is 16.5 Å². The highest BCUT2D eigenvalue weighted by Crippen LogP contribution is 2.22.